The Morgan fingerprint density at radius 1 is 1.15 bits per heavy atom. The SMILES string of the molecule is Cc1c(-c2ccc3c(c2)CN(C(C)C)C3=O)nnn1-c1cccc(F)c1. The maximum absolute atomic E-state index is 13.5. The van der Waals surface area contributed by atoms with Crippen molar-refractivity contribution in [3.05, 3.63) is 65.1 Å². The van der Waals surface area contributed by atoms with Gasteiger partial charge < -0.3 is 4.90 Å². The highest BCUT2D eigenvalue weighted by Crippen LogP contribution is 2.30. The van der Waals surface area contributed by atoms with Gasteiger partial charge in [-0.15, -0.1) is 5.10 Å². The Bertz CT molecular complexity index is 1010. The third-order valence-electron chi connectivity index (χ3n) is 4.78. The molecule has 132 valence electrons. The number of amides is 1. The van der Waals surface area contributed by atoms with Crippen molar-refractivity contribution < 1.29 is 9.18 Å². The van der Waals surface area contributed by atoms with E-state index in [-0.39, 0.29) is 17.8 Å². The molecule has 0 aliphatic carbocycles. The Hall–Kier alpha value is -3.02. The Kier molecular flexibility index (Phi) is 3.83. The fraction of sp³-hybridized carbons (Fsp3) is 0.250. The summed E-state index contributed by atoms with van der Waals surface area (Å²) in [6.45, 7) is 6.54. The van der Waals surface area contributed by atoms with Crippen LogP contribution in [0.5, 0.6) is 0 Å². The summed E-state index contributed by atoms with van der Waals surface area (Å²) < 4.78 is 15.1. The highest BCUT2D eigenvalue weighted by molar-refractivity contribution is 5.99. The number of benzene rings is 2. The van der Waals surface area contributed by atoms with E-state index in [4.69, 9.17) is 0 Å². The van der Waals surface area contributed by atoms with Crippen LogP contribution in [0.15, 0.2) is 42.5 Å². The predicted molar refractivity (Wildman–Crippen MR) is 96.5 cm³/mol. The van der Waals surface area contributed by atoms with Crippen molar-refractivity contribution in [3.63, 3.8) is 0 Å². The van der Waals surface area contributed by atoms with E-state index < -0.39 is 0 Å². The summed E-state index contributed by atoms with van der Waals surface area (Å²) in [7, 11) is 0. The van der Waals surface area contributed by atoms with E-state index in [2.05, 4.69) is 10.3 Å². The van der Waals surface area contributed by atoms with E-state index >= 15 is 0 Å². The van der Waals surface area contributed by atoms with Crippen LogP contribution >= 0.6 is 0 Å². The highest BCUT2D eigenvalue weighted by atomic mass is 19.1. The number of hydrogen-bond donors (Lipinski definition) is 0. The summed E-state index contributed by atoms with van der Waals surface area (Å²) in [5, 5.41) is 8.46. The molecule has 0 spiro atoms. The fourth-order valence-corrected chi connectivity index (χ4v) is 3.36. The van der Waals surface area contributed by atoms with E-state index in [0.29, 0.717) is 12.2 Å². The van der Waals surface area contributed by atoms with Crippen molar-refractivity contribution in [2.75, 3.05) is 0 Å². The molecule has 4 rings (SSSR count). The zero-order chi connectivity index (χ0) is 18.4. The number of carbonyl (C=O) groups is 1. The quantitative estimate of drug-likeness (QED) is 0.723. The first kappa shape index (κ1) is 16.4. The molecule has 0 bridgehead atoms. The van der Waals surface area contributed by atoms with Gasteiger partial charge in [-0.1, -0.05) is 17.3 Å². The average Bonchev–Trinajstić information content (AvgIpc) is 3.15. The lowest BCUT2D eigenvalue weighted by molar-refractivity contribution is 0.0730. The van der Waals surface area contributed by atoms with Crippen LogP contribution in [0, 0.1) is 12.7 Å². The predicted octanol–water partition coefficient (Wildman–Crippen LogP) is 3.75. The zero-order valence-corrected chi connectivity index (χ0v) is 14.9. The lowest BCUT2D eigenvalue weighted by Gasteiger charge is -2.19. The molecule has 0 unspecified atom stereocenters. The van der Waals surface area contributed by atoms with E-state index in [1.165, 1.54) is 12.1 Å². The van der Waals surface area contributed by atoms with Crippen molar-refractivity contribution in [1.29, 1.82) is 0 Å². The molecule has 1 amide bonds. The molecule has 3 aromatic rings. The van der Waals surface area contributed by atoms with Gasteiger partial charge in [-0.3, -0.25) is 4.79 Å². The first-order valence-corrected chi connectivity index (χ1v) is 8.58. The molecule has 6 heteroatoms. The Balaban J connectivity index is 1.73. The number of carbonyl (C=O) groups excluding carboxylic acids is 1. The molecule has 2 aromatic carbocycles. The smallest absolute Gasteiger partial charge is 0.254 e. The van der Waals surface area contributed by atoms with Gasteiger partial charge in [0.15, 0.2) is 0 Å². The molecule has 0 atom stereocenters. The third kappa shape index (κ3) is 2.58. The molecule has 2 heterocycles. The zero-order valence-electron chi connectivity index (χ0n) is 14.9. The molecular weight excluding hydrogens is 331 g/mol. The van der Waals surface area contributed by atoms with Crippen LogP contribution in [0.2, 0.25) is 0 Å². The molecule has 0 fully saturated rings. The highest BCUT2D eigenvalue weighted by Gasteiger charge is 2.29. The Labute approximate surface area is 151 Å². The molecule has 0 saturated carbocycles. The topological polar surface area (TPSA) is 51.0 Å². The molecule has 0 saturated heterocycles. The average molecular weight is 350 g/mol. The standard InChI is InChI=1S/C20H19FN4O/c1-12(2)24-11-15-9-14(7-8-18(15)20(24)26)19-13(3)25(23-22-19)17-6-4-5-16(21)10-17/h4-10,12H,11H2,1-3H3. The van der Waals surface area contributed by atoms with Crippen LogP contribution in [0.3, 0.4) is 0 Å². The normalized spacial score (nSPS) is 13.6. The van der Waals surface area contributed by atoms with Crippen molar-refractivity contribution in [1.82, 2.24) is 19.9 Å². The Morgan fingerprint density at radius 3 is 2.69 bits per heavy atom. The lowest BCUT2D eigenvalue weighted by Crippen LogP contribution is -2.30. The molecule has 26 heavy (non-hydrogen) atoms. The first-order valence-electron chi connectivity index (χ1n) is 8.58. The van der Waals surface area contributed by atoms with Gasteiger partial charge in [0.2, 0.25) is 0 Å². The van der Waals surface area contributed by atoms with Gasteiger partial charge in [-0.2, -0.15) is 0 Å². The van der Waals surface area contributed by atoms with Crippen LogP contribution in [-0.2, 0) is 6.54 Å². The number of hydrogen-bond acceptors (Lipinski definition) is 3. The van der Waals surface area contributed by atoms with Gasteiger partial charge in [-0.25, -0.2) is 9.07 Å². The van der Waals surface area contributed by atoms with Crippen molar-refractivity contribution >= 4 is 5.91 Å². The minimum Gasteiger partial charge on any atom is -0.332 e. The van der Waals surface area contributed by atoms with E-state index in [1.54, 1.807) is 16.8 Å². The summed E-state index contributed by atoms with van der Waals surface area (Å²) in [5.74, 6) is -0.245. The molecule has 5 nitrogen and oxygen atoms in total. The number of fused-ring (bicyclic) bond motifs is 1. The molecule has 1 aliphatic rings. The number of halogens is 1. The lowest BCUT2D eigenvalue weighted by atomic mass is 10.0. The molecular formula is C20H19FN4O. The fourth-order valence-electron chi connectivity index (χ4n) is 3.36. The van der Waals surface area contributed by atoms with Gasteiger partial charge >= 0.3 is 0 Å². The maximum atomic E-state index is 13.5. The summed E-state index contributed by atoms with van der Waals surface area (Å²) in [5.41, 5.74) is 4.83. The van der Waals surface area contributed by atoms with Crippen LogP contribution < -0.4 is 0 Å². The minimum absolute atomic E-state index is 0.0710. The van der Waals surface area contributed by atoms with Crippen molar-refractivity contribution in [2.24, 2.45) is 0 Å². The second-order valence-corrected chi connectivity index (χ2v) is 6.81. The van der Waals surface area contributed by atoms with Gasteiger partial charge in [0.05, 0.1) is 11.4 Å². The summed E-state index contributed by atoms with van der Waals surface area (Å²) in [4.78, 5) is 14.3. The minimum atomic E-state index is -0.316. The van der Waals surface area contributed by atoms with Gasteiger partial charge in [0, 0.05) is 23.7 Å². The Morgan fingerprint density at radius 2 is 1.96 bits per heavy atom. The summed E-state index contributed by atoms with van der Waals surface area (Å²) in [6.07, 6.45) is 0. The van der Waals surface area contributed by atoms with Crippen LogP contribution in [0.1, 0.15) is 35.5 Å². The molecule has 1 aromatic heterocycles. The van der Waals surface area contributed by atoms with E-state index in [9.17, 15) is 9.18 Å². The maximum Gasteiger partial charge on any atom is 0.254 e. The number of aromatic nitrogens is 3. The van der Waals surface area contributed by atoms with Crippen molar-refractivity contribution in [2.45, 2.75) is 33.4 Å². The van der Waals surface area contributed by atoms with Crippen molar-refractivity contribution in [3.8, 4) is 16.9 Å². The number of rotatable bonds is 3. The molecule has 0 radical (unpaired) electrons. The van der Waals surface area contributed by atoms with Crippen LogP contribution in [-0.4, -0.2) is 31.8 Å². The monoisotopic (exact) mass is 350 g/mol. The number of nitrogens with zero attached hydrogens (tertiary/aromatic N) is 4. The van der Waals surface area contributed by atoms with E-state index in [0.717, 1.165) is 28.1 Å². The van der Waals surface area contributed by atoms with Gasteiger partial charge in [0.1, 0.15) is 11.5 Å². The second-order valence-electron chi connectivity index (χ2n) is 6.81. The largest absolute Gasteiger partial charge is 0.332 e. The summed E-state index contributed by atoms with van der Waals surface area (Å²) >= 11 is 0. The van der Waals surface area contributed by atoms with Gasteiger partial charge in [0.25, 0.3) is 5.91 Å². The third-order valence-corrected chi connectivity index (χ3v) is 4.78. The van der Waals surface area contributed by atoms with Crippen LogP contribution in [0.4, 0.5) is 4.39 Å². The van der Waals surface area contributed by atoms with Crippen LogP contribution in [0.25, 0.3) is 16.9 Å². The second kappa shape index (κ2) is 6.05. The summed E-state index contributed by atoms with van der Waals surface area (Å²) in [6, 6.07) is 12.2. The first-order chi connectivity index (χ1) is 12.5. The molecule has 1 aliphatic heterocycles. The van der Waals surface area contributed by atoms with E-state index in [1.807, 2.05) is 43.9 Å². The van der Waals surface area contributed by atoms with Gasteiger partial charge in [-0.05, 0) is 56.7 Å². The molecule has 0 N–H and O–H groups in total.